The number of furan rings is 1. The summed E-state index contributed by atoms with van der Waals surface area (Å²) >= 11 is 0. The zero-order chi connectivity index (χ0) is 13.0. The lowest BCUT2D eigenvalue weighted by Gasteiger charge is -2.17. The van der Waals surface area contributed by atoms with Crippen molar-refractivity contribution in [2.24, 2.45) is 0 Å². The van der Waals surface area contributed by atoms with Crippen LogP contribution in [0.4, 0.5) is 0 Å². The topological polar surface area (TPSA) is 25.2 Å². The summed E-state index contributed by atoms with van der Waals surface area (Å²) in [6.07, 6.45) is 2.92. The van der Waals surface area contributed by atoms with E-state index < -0.39 is 0 Å². The van der Waals surface area contributed by atoms with E-state index >= 15 is 0 Å². The molecule has 2 aromatic rings. The summed E-state index contributed by atoms with van der Waals surface area (Å²) in [7, 11) is 0. The quantitative estimate of drug-likeness (QED) is 0.863. The minimum absolute atomic E-state index is 0.221. The van der Waals surface area contributed by atoms with Gasteiger partial charge >= 0.3 is 0 Å². The van der Waals surface area contributed by atoms with Crippen molar-refractivity contribution in [1.82, 2.24) is 5.32 Å². The van der Waals surface area contributed by atoms with Crippen molar-refractivity contribution in [1.29, 1.82) is 0 Å². The Balaban J connectivity index is 2.28. The molecule has 1 aromatic heterocycles. The second-order valence-electron chi connectivity index (χ2n) is 4.58. The van der Waals surface area contributed by atoms with E-state index in [4.69, 9.17) is 4.42 Å². The average molecular weight is 243 g/mol. The monoisotopic (exact) mass is 243 g/mol. The molecule has 18 heavy (non-hydrogen) atoms. The molecule has 0 saturated carbocycles. The molecule has 0 radical (unpaired) electrons. The molecule has 2 nitrogen and oxygen atoms in total. The number of rotatable bonds is 5. The van der Waals surface area contributed by atoms with E-state index in [1.54, 1.807) is 0 Å². The molecule has 2 heteroatoms. The Hall–Kier alpha value is -1.54. The van der Waals surface area contributed by atoms with Gasteiger partial charge in [0.15, 0.2) is 0 Å². The van der Waals surface area contributed by atoms with Gasteiger partial charge in [-0.15, -0.1) is 0 Å². The molecule has 0 saturated heterocycles. The Morgan fingerprint density at radius 2 is 1.83 bits per heavy atom. The first-order valence-electron chi connectivity index (χ1n) is 6.61. The molecule has 2 rings (SSSR count). The molecule has 96 valence electrons. The van der Waals surface area contributed by atoms with Gasteiger partial charge in [0.2, 0.25) is 0 Å². The summed E-state index contributed by atoms with van der Waals surface area (Å²) in [5, 5.41) is 3.51. The number of hydrogen-bond acceptors (Lipinski definition) is 2. The summed E-state index contributed by atoms with van der Waals surface area (Å²) < 4.78 is 5.42. The number of aryl methyl sites for hydroxylation is 2. The smallest absolute Gasteiger partial charge is 0.101 e. The van der Waals surface area contributed by atoms with E-state index in [1.807, 2.05) is 13.2 Å². The lowest BCUT2D eigenvalue weighted by molar-refractivity contribution is 0.525. The molecule has 1 unspecified atom stereocenters. The van der Waals surface area contributed by atoms with Gasteiger partial charge in [-0.2, -0.15) is 0 Å². The van der Waals surface area contributed by atoms with Crippen molar-refractivity contribution in [2.75, 3.05) is 6.54 Å². The normalized spacial score (nSPS) is 12.6. The van der Waals surface area contributed by atoms with Crippen LogP contribution in [-0.4, -0.2) is 6.54 Å². The van der Waals surface area contributed by atoms with Gasteiger partial charge in [0.25, 0.3) is 0 Å². The molecular weight excluding hydrogens is 222 g/mol. The fourth-order valence-corrected chi connectivity index (χ4v) is 2.19. The fourth-order valence-electron chi connectivity index (χ4n) is 2.19. The van der Waals surface area contributed by atoms with Gasteiger partial charge in [-0.25, -0.2) is 0 Å². The third-order valence-electron chi connectivity index (χ3n) is 3.21. The summed E-state index contributed by atoms with van der Waals surface area (Å²) in [6.45, 7) is 7.22. The molecule has 0 aliphatic heterocycles. The van der Waals surface area contributed by atoms with Gasteiger partial charge in [-0.3, -0.25) is 0 Å². The predicted molar refractivity (Wildman–Crippen MR) is 74.8 cm³/mol. The maximum Gasteiger partial charge on any atom is 0.101 e. The molecule has 1 atom stereocenters. The molecule has 0 amide bonds. The van der Waals surface area contributed by atoms with E-state index in [-0.39, 0.29) is 6.04 Å². The Morgan fingerprint density at radius 3 is 2.33 bits per heavy atom. The highest BCUT2D eigenvalue weighted by atomic mass is 16.3. The highest BCUT2D eigenvalue weighted by Crippen LogP contribution is 2.24. The van der Waals surface area contributed by atoms with E-state index in [2.05, 4.69) is 49.5 Å². The first kappa shape index (κ1) is 12.9. The van der Waals surface area contributed by atoms with Gasteiger partial charge in [-0.05, 0) is 37.1 Å². The molecular formula is C16H21NO. The highest BCUT2D eigenvalue weighted by Gasteiger charge is 2.14. The zero-order valence-electron chi connectivity index (χ0n) is 11.4. The van der Waals surface area contributed by atoms with Crippen molar-refractivity contribution in [3.8, 4) is 0 Å². The SMILES string of the molecule is CCNC(c1ccc(CC)cc1)c1coc(C)c1. The summed E-state index contributed by atoms with van der Waals surface area (Å²) in [5.41, 5.74) is 3.85. The maximum atomic E-state index is 5.42. The standard InChI is InChI=1S/C16H21NO/c1-4-13-6-8-14(9-7-13)16(17-5-2)15-10-12(3)18-11-15/h6-11,16-17H,4-5H2,1-3H3. The van der Waals surface area contributed by atoms with E-state index in [9.17, 15) is 0 Å². The number of hydrogen-bond donors (Lipinski definition) is 1. The van der Waals surface area contributed by atoms with Crippen LogP contribution in [-0.2, 0) is 6.42 Å². The second-order valence-corrected chi connectivity index (χ2v) is 4.58. The van der Waals surface area contributed by atoms with E-state index in [0.29, 0.717) is 0 Å². The van der Waals surface area contributed by atoms with Crippen LogP contribution in [0.3, 0.4) is 0 Å². The largest absolute Gasteiger partial charge is 0.469 e. The Morgan fingerprint density at radius 1 is 1.11 bits per heavy atom. The molecule has 0 aliphatic carbocycles. The van der Waals surface area contributed by atoms with Crippen LogP contribution in [0.1, 0.15) is 42.3 Å². The van der Waals surface area contributed by atoms with Crippen LogP contribution in [0.5, 0.6) is 0 Å². The molecule has 0 fully saturated rings. The van der Waals surface area contributed by atoms with Gasteiger partial charge < -0.3 is 9.73 Å². The summed E-state index contributed by atoms with van der Waals surface area (Å²) in [6, 6.07) is 11.1. The van der Waals surface area contributed by atoms with Crippen LogP contribution in [0.25, 0.3) is 0 Å². The molecule has 1 heterocycles. The highest BCUT2D eigenvalue weighted by molar-refractivity contribution is 5.32. The van der Waals surface area contributed by atoms with Crippen LogP contribution in [0, 0.1) is 6.92 Å². The van der Waals surface area contributed by atoms with Crippen molar-refractivity contribution >= 4 is 0 Å². The minimum Gasteiger partial charge on any atom is -0.469 e. The number of nitrogens with one attached hydrogen (secondary N) is 1. The maximum absolute atomic E-state index is 5.42. The van der Waals surface area contributed by atoms with Crippen molar-refractivity contribution in [2.45, 2.75) is 33.2 Å². The van der Waals surface area contributed by atoms with E-state index in [1.165, 1.54) is 16.7 Å². The lowest BCUT2D eigenvalue weighted by Crippen LogP contribution is -2.21. The number of benzene rings is 1. The van der Waals surface area contributed by atoms with Gasteiger partial charge in [0.05, 0.1) is 12.3 Å². The van der Waals surface area contributed by atoms with Crippen LogP contribution >= 0.6 is 0 Å². The van der Waals surface area contributed by atoms with Gasteiger partial charge in [0, 0.05) is 5.56 Å². The predicted octanol–water partition coefficient (Wildman–Crippen LogP) is 3.85. The minimum atomic E-state index is 0.221. The molecule has 1 aromatic carbocycles. The Labute approximate surface area is 109 Å². The second kappa shape index (κ2) is 5.87. The average Bonchev–Trinajstić information content (AvgIpc) is 2.82. The molecule has 0 bridgehead atoms. The van der Waals surface area contributed by atoms with Crippen LogP contribution in [0.2, 0.25) is 0 Å². The Kier molecular flexibility index (Phi) is 4.21. The van der Waals surface area contributed by atoms with Crippen molar-refractivity contribution < 1.29 is 4.42 Å². The first-order chi connectivity index (χ1) is 8.74. The molecule has 1 N–H and O–H groups in total. The van der Waals surface area contributed by atoms with Crippen molar-refractivity contribution in [3.63, 3.8) is 0 Å². The Bertz CT molecular complexity index is 484. The first-order valence-corrected chi connectivity index (χ1v) is 6.61. The van der Waals surface area contributed by atoms with Gasteiger partial charge in [-0.1, -0.05) is 38.1 Å². The fraction of sp³-hybridized carbons (Fsp3) is 0.375. The molecule has 0 aliphatic rings. The third kappa shape index (κ3) is 2.82. The summed E-state index contributed by atoms with van der Waals surface area (Å²) in [4.78, 5) is 0. The third-order valence-corrected chi connectivity index (χ3v) is 3.21. The van der Waals surface area contributed by atoms with Crippen LogP contribution < -0.4 is 5.32 Å². The van der Waals surface area contributed by atoms with Gasteiger partial charge in [0.1, 0.15) is 5.76 Å². The zero-order valence-corrected chi connectivity index (χ0v) is 11.4. The van der Waals surface area contributed by atoms with Crippen molar-refractivity contribution in [3.05, 3.63) is 59.0 Å². The van der Waals surface area contributed by atoms with Crippen LogP contribution in [0.15, 0.2) is 41.0 Å². The lowest BCUT2D eigenvalue weighted by atomic mass is 9.99. The summed E-state index contributed by atoms with van der Waals surface area (Å²) in [5.74, 6) is 0.957. The molecule has 0 spiro atoms. The van der Waals surface area contributed by atoms with E-state index in [0.717, 1.165) is 18.7 Å².